The normalized spacial score (nSPS) is 10.8. The number of benzene rings is 1. The van der Waals surface area contributed by atoms with Gasteiger partial charge in [-0.05, 0) is 18.2 Å². The lowest BCUT2D eigenvalue weighted by atomic mass is 10.2. The Bertz CT molecular complexity index is 607. The van der Waals surface area contributed by atoms with Crippen LogP contribution in [0.15, 0.2) is 30.0 Å². The van der Waals surface area contributed by atoms with Gasteiger partial charge in [0.1, 0.15) is 17.4 Å². The van der Waals surface area contributed by atoms with Crippen LogP contribution in [-0.2, 0) is 4.79 Å². The highest BCUT2D eigenvalue weighted by molar-refractivity contribution is 6.32. The van der Waals surface area contributed by atoms with E-state index < -0.39 is 5.91 Å². The summed E-state index contributed by atoms with van der Waals surface area (Å²) in [7, 11) is 1.48. The van der Waals surface area contributed by atoms with Crippen LogP contribution in [0.4, 0.5) is 5.69 Å². The van der Waals surface area contributed by atoms with E-state index in [-0.39, 0.29) is 31.9 Å². The zero-order valence-electron chi connectivity index (χ0n) is 12.6. The van der Waals surface area contributed by atoms with Gasteiger partial charge in [-0.25, -0.2) is 0 Å². The number of ether oxygens (including phenoxy) is 1. The lowest BCUT2D eigenvalue weighted by Gasteiger charge is -2.18. The van der Waals surface area contributed by atoms with Crippen LogP contribution < -0.4 is 10.1 Å². The first-order valence-electron chi connectivity index (χ1n) is 6.78. The van der Waals surface area contributed by atoms with Gasteiger partial charge < -0.3 is 25.2 Å². The van der Waals surface area contributed by atoms with Gasteiger partial charge in [-0.3, -0.25) is 4.79 Å². The van der Waals surface area contributed by atoms with Gasteiger partial charge in [0.2, 0.25) is 0 Å². The van der Waals surface area contributed by atoms with Gasteiger partial charge in [-0.2, -0.15) is 5.26 Å². The summed E-state index contributed by atoms with van der Waals surface area (Å²) in [6, 6.07) is 6.49. The minimum Gasteiger partial charge on any atom is -0.495 e. The number of hydrogen-bond acceptors (Lipinski definition) is 6. The van der Waals surface area contributed by atoms with Crippen molar-refractivity contribution in [3.05, 3.63) is 35.0 Å². The van der Waals surface area contributed by atoms with E-state index in [4.69, 9.17) is 31.8 Å². The van der Waals surface area contributed by atoms with Crippen molar-refractivity contribution < 1.29 is 19.7 Å². The molecule has 0 atom stereocenters. The molecule has 0 heterocycles. The minimum atomic E-state index is -0.616. The molecule has 0 fully saturated rings. The Morgan fingerprint density at radius 1 is 1.43 bits per heavy atom. The number of amides is 1. The lowest BCUT2D eigenvalue weighted by Crippen LogP contribution is -2.26. The number of rotatable bonds is 8. The van der Waals surface area contributed by atoms with Crippen molar-refractivity contribution in [3.63, 3.8) is 0 Å². The van der Waals surface area contributed by atoms with Gasteiger partial charge in [-0.1, -0.05) is 11.6 Å². The van der Waals surface area contributed by atoms with E-state index in [2.05, 4.69) is 5.32 Å². The maximum absolute atomic E-state index is 12.1. The number of methoxy groups -OCH3 is 1. The number of carbonyl (C=O) groups is 1. The molecule has 0 spiro atoms. The number of aliphatic hydroxyl groups excluding tert-OH is 2. The van der Waals surface area contributed by atoms with Crippen LogP contribution in [0.3, 0.4) is 0 Å². The number of halogens is 1. The van der Waals surface area contributed by atoms with E-state index in [0.717, 1.165) is 0 Å². The second-order valence-electron chi connectivity index (χ2n) is 4.44. The van der Waals surface area contributed by atoms with Crippen LogP contribution >= 0.6 is 11.6 Å². The summed E-state index contributed by atoms with van der Waals surface area (Å²) in [5.41, 5.74) is 0.261. The molecule has 0 unspecified atom stereocenters. The molecule has 1 rings (SSSR count). The van der Waals surface area contributed by atoms with Crippen molar-refractivity contribution in [2.24, 2.45) is 0 Å². The molecule has 1 aromatic carbocycles. The van der Waals surface area contributed by atoms with Crippen LogP contribution in [0.2, 0.25) is 5.02 Å². The number of nitriles is 1. The molecule has 0 bridgehead atoms. The quantitative estimate of drug-likeness (QED) is 0.481. The summed E-state index contributed by atoms with van der Waals surface area (Å²) in [5.74, 6) is -0.146. The molecular weight excluding hydrogens is 322 g/mol. The van der Waals surface area contributed by atoms with E-state index in [1.807, 2.05) is 0 Å². The van der Waals surface area contributed by atoms with Crippen molar-refractivity contribution in [2.75, 3.05) is 38.7 Å². The van der Waals surface area contributed by atoms with E-state index in [9.17, 15) is 4.79 Å². The summed E-state index contributed by atoms with van der Waals surface area (Å²) in [6.07, 6.45) is 1.30. The Morgan fingerprint density at radius 3 is 2.57 bits per heavy atom. The van der Waals surface area contributed by atoms with Crippen molar-refractivity contribution in [1.82, 2.24) is 4.90 Å². The van der Waals surface area contributed by atoms with Gasteiger partial charge in [0.05, 0.1) is 25.3 Å². The zero-order chi connectivity index (χ0) is 17.2. The highest BCUT2D eigenvalue weighted by Gasteiger charge is 2.12. The third kappa shape index (κ3) is 5.79. The van der Waals surface area contributed by atoms with Gasteiger partial charge in [0, 0.05) is 25.0 Å². The fraction of sp³-hybridized carbons (Fsp3) is 0.333. The first-order valence-corrected chi connectivity index (χ1v) is 7.16. The largest absolute Gasteiger partial charge is 0.495 e. The number of aliphatic hydroxyl groups is 2. The molecule has 0 saturated carbocycles. The van der Waals surface area contributed by atoms with E-state index in [1.165, 1.54) is 24.3 Å². The summed E-state index contributed by atoms with van der Waals surface area (Å²) >= 11 is 5.97. The van der Waals surface area contributed by atoms with E-state index in [0.29, 0.717) is 16.5 Å². The van der Waals surface area contributed by atoms with E-state index in [1.54, 1.807) is 18.2 Å². The second-order valence-corrected chi connectivity index (χ2v) is 4.85. The Kier molecular flexibility index (Phi) is 7.91. The molecule has 1 amide bonds. The number of nitrogens with zero attached hydrogens (tertiary/aromatic N) is 2. The molecule has 0 aliphatic carbocycles. The molecule has 3 N–H and O–H groups in total. The molecule has 0 aliphatic rings. The highest BCUT2D eigenvalue weighted by atomic mass is 35.5. The number of anilines is 1. The fourth-order valence-corrected chi connectivity index (χ4v) is 2.02. The molecule has 8 heteroatoms. The molecular formula is C15H18ClN3O4. The predicted molar refractivity (Wildman–Crippen MR) is 86.1 cm³/mol. The average molecular weight is 340 g/mol. The van der Waals surface area contributed by atoms with Gasteiger partial charge in [-0.15, -0.1) is 0 Å². The zero-order valence-corrected chi connectivity index (χ0v) is 13.4. The minimum absolute atomic E-state index is 0.154. The third-order valence-corrected chi connectivity index (χ3v) is 3.16. The summed E-state index contributed by atoms with van der Waals surface area (Å²) < 4.78 is 5.02. The van der Waals surface area contributed by atoms with Crippen LogP contribution in [0, 0.1) is 11.3 Å². The molecule has 7 nitrogen and oxygen atoms in total. The van der Waals surface area contributed by atoms with Crippen molar-refractivity contribution in [1.29, 1.82) is 5.26 Å². The molecule has 0 saturated heterocycles. The summed E-state index contributed by atoms with van der Waals surface area (Å²) in [6.45, 7) is 0.0800. The lowest BCUT2D eigenvalue weighted by molar-refractivity contribution is -0.112. The van der Waals surface area contributed by atoms with Crippen molar-refractivity contribution in [2.45, 2.75) is 0 Å². The van der Waals surface area contributed by atoms with Gasteiger partial charge >= 0.3 is 0 Å². The summed E-state index contributed by atoms with van der Waals surface area (Å²) in [5, 5.41) is 29.9. The molecule has 0 radical (unpaired) electrons. The van der Waals surface area contributed by atoms with Crippen LogP contribution in [-0.4, -0.2) is 54.4 Å². The Morgan fingerprint density at radius 2 is 2.09 bits per heavy atom. The number of carbonyl (C=O) groups excluding carboxylic acids is 1. The smallest absolute Gasteiger partial charge is 0.267 e. The Labute approximate surface area is 139 Å². The molecule has 124 valence electrons. The van der Waals surface area contributed by atoms with Crippen LogP contribution in [0.5, 0.6) is 5.75 Å². The summed E-state index contributed by atoms with van der Waals surface area (Å²) in [4.78, 5) is 13.6. The molecule has 0 aromatic heterocycles. The standard InChI is InChI=1S/C15H18ClN3O4/c1-23-14-3-2-12(8-13(14)16)18-15(22)11(9-17)10-19(4-6-20)5-7-21/h2-3,8,10,20-21H,4-7H2,1H3,(H,18,22)/b11-10-. The first-order chi connectivity index (χ1) is 11.0. The van der Waals surface area contributed by atoms with Crippen molar-refractivity contribution in [3.8, 4) is 11.8 Å². The highest BCUT2D eigenvalue weighted by Crippen LogP contribution is 2.27. The van der Waals surface area contributed by atoms with Crippen LogP contribution in [0.25, 0.3) is 0 Å². The maximum atomic E-state index is 12.1. The molecule has 0 aliphatic heterocycles. The Balaban J connectivity index is 2.88. The topological polar surface area (TPSA) is 106 Å². The van der Waals surface area contributed by atoms with Crippen LogP contribution in [0.1, 0.15) is 0 Å². The number of nitrogens with one attached hydrogen (secondary N) is 1. The van der Waals surface area contributed by atoms with Gasteiger partial charge in [0.15, 0.2) is 0 Å². The first kappa shape index (κ1) is 18.8. The monoisotopic (exact) mass is 339 g/mol. The maximum Gasteiger partial charge on any atom is 0.267 e. The number of hydrogen-bond donors (Lipinski definition) is 3. The second kappa shape index (κ2) is 9.69. The van der Waals surface area contributed by atoms with E-state index >= 15 is 0 Å². The molecule has 1 aromatic rings. The Hall–Kier alpha value is -2.27. The fourth-order valence-electron chi connectivity index (χ4n) is 1.76. The van der Waals surface area contributed by atoms with Gasteiger partial charge in [0.25, 0.3) is 5.91 Å². The molecule has 23 heavy (non-hydrogen) atoms. The third-order valence-electron chi connectivity index (χ3n) is 2.86. The average Bonchev–Trinajstić information content (AvgIpc) is 2.53. The predicted octanol–water partition coefficient (Wildman–Crippen LogP) is 0.981. The SMILES string of the molecule is COc1ccc(NC(=O)/C(C#N)=C\N(CCO)CCO)cc1Cl. The van der Waals surface area contributed by atoms with Crippen molar-refractivity contribution >= 4 is 23.2 Å².